The lowest BCUT2D eigenvalue weighted by atomic mass is 9.99. The summed E-state index contributed by atoms with van der Waals surface area (Å²) >= 11 is 5.86. The fraction of sp³-hybridized carbons (Fsp3) is 0.556. The first kappa shape index (κ1) is 20.3. The van der Waals surface area contributed by atoms with Crippen LogP contribution in [0.25, 0.3) is 0 Å². The van der Waals surface area contributed by atoms with Crippen molar-refractivity contribution in [2.75, 3.05) is 5.32 Å². The van der Waals surface area contributed by atoms with Crippen LogP contribution in [0.2, 0.25) is 5.02 Å². The molecular formula is C18H26ClNO4. The number of carboxylic acids is 1. The van der Waals surface area contributed by atoms with Gasteiger partial charge in [0.2, 0.25) is 0 Å². The largest absolute Gasteiger partial charge is 0.478 e. The summed E-state index contributed by atoms with van der Waals surface area (Å²) in [6.07, 6.45) is 1.11. The van der Waals surface area contributed by atoms with Gasteiger partial charge in [0.15, 0.2) is 0 Å². The molecule has 0 spiro atoms. The SMILES string of the molecule is CC(C[C@H](C)CC(=O)OC(C)(C)C)Nc1ccc(Cl)c(C(=O)O)c1. The predicted molar refractivity (Wildman–Crippen MR) is 95.7 cm³/mol. The molecule has 0 bridgehead atoms. The fourth-order valence-electron chi connectivity index (χ4n) is 2.48. The monoisotopic (exact) mass is 355 g/mol. The number of ether oxygens (including phenoxy) is 1. The number of hydrogen-bond donors (Lipinski definition) is 2. The average molecular weight is 356 g/mol. The first-order valence-corrected chi connectivity index (χ1v) is 8.37. The van der Waals surface area contributed by atoms with Crippen molar-refractivity contribution in [3.63, 3.8) is 0 Å². The maximum absolute atomic E-state index is 11.8. The summed E-state index contributed by atoms with van der Waals surface area (Å²) in [5, 5.41) is 12.5. The second-order valence-corrected chi connectivity index (χ2v) is 7.58. The van der Waals surface area contributed by atoms with E-state index in [4.69, 9.17) is 21.4 Å². The van der Waals surface area contributed by atoms with Crippen molar-refractivity contribution in [1.29, 1.82) is 0 Å². The summed E-state index contributed by atoms with van der Waals surface area (Å²) in [4.78, 5) is 23.0. The highest BCUT2D eigenvalue weighted by molar-refractivity contribution is 6.33. The normalized spacial score (nSPS) is 13.9. The zero-order valence-electron chi connectivity index (χ0n) is 14.9. The van der Waals surface area contributed by atoms with Gasteiger partial charge in [0, 0.05) is 18.2 Å². The van der Waals surface area contributed by atoms with Crippen molar-refractivity contribution in [1.82, 2.24) is 0 Å². The van der Waals surface area contributed by atoms with Crippen LogP contribution >= 0.6 is 11.6 Å². The van der Waals surface area contributed by atoms with Gasteiger partial charge in [0.1, 0.15) is 5.60 Å². The molecule has 0 aliphatic carbocycles. The van der Waals surface area contributed by atoms with E-state index in [1.165, 1.54) is 6.07 Å². The summed E-state index contributed by atoms with van der Waals surface area (Å²) in [6.45, 7) is 9.52. The Balaban J connectivity index is 2.57. The summed E-state index contributed by atoms with van der Waals surface area (Å²) in [5.41, 5.74) is 0.279. The lowest BCUT2D eigenvalue weighted by Crippen LogP contribution is -2.26. The summed E-state index contributed by atoms with van der Waals surface area (Å²) in [7, 11) is 0. The number of anilines is 1. The molecule has 0 heterocycles. The highest BCUT2D eigenvalue weighted by Gasteiger charge is 2.19. The van der Waals surface area contributed by atoms with Gasteiger partial charge in [-0.25, -0.2) is 4.79 Å². The molecule has 0 saturated heterocycles. The van der Waals surface area contributed by atoms with Crippen LogP contribution in [-0.2, 0) is 9.53 Å². The standard InChI is InChI=1S/C18H26ClNO4/c1-11(9-16(21)24-18(3,4)5)8-12(2)20-13-6-7-15(19)14(10-13)17(22)23/h6-7,10-12,20H,8-9H2,1-5H3,(H,22,23)/t11-,12?/m0/s1. The van der Waals surface area contributed by atoms with Crippen LogP contribution in [0.15, 0.2) is 18.2 Å². The van der Waals surface area contributed by atoms with E-state index < -0.39 is 11.6 Å². The molecule has 0 aromatic heterocycles. The van der Waals surface area contributed by atoms with Crippen molar-refractivity contribution < 1.29 is 19.4 Å². The van der Waals surface area contributed by atoms with Gasteiger partial charge in [-0.1, -0.05) is 18.5 Å². The predicted octanol–water partition coefficient (Wildman–Crippen LogP) is 4.60. The molecule has 1 rings (SSSR count). The van der Waals surface area contributed by atoms with Gasteiger partial charge in [-0.05, 0) is 58.2 Å². The molecule has 134 valence electrons. The van der Waals surface area contributed by atoms with E-state index >= 15 is 0 Å². The average Bonchev–Trinajstić information content (AvgIpc) is 2.37. The van der Waals surface area contributed by atoms with Crippen LogP contribution in [0.1, 0.15) is 57.8 Å². The smallest absolute Gasteiger partial charge is 0.337 e. The third-order valence-electron chi connectivity index (χ3n) is 3.30. The Morgan fingerprint density at radius 2 is 1.92 bits per heavy atom. The molecule has 1 aromatic rings. The molecule has 2 N–H and O–H groups in total. The number of benzene rings is 1. The van der Waals surface area contributed by atoms with Crippen molar-refractivity contribution >= 4 is 29.2 Å². The van der Waals surface area contributed by atoms with Gasteiger partial charge < -0.3 is 15.2 Å². The molecular weight excluding hydrogens is 330 g/mol. The quantitative estimate of drug-likeness (QED) is 0.699. The Morgan fingerprint density at radius 1 is 1.29 bits per heavy atom. The minimum absolute atomic E-state index is 0.0654. The second kappa shape index (κ2) is 8.38. The minimum Gasteiger partial charge on any atom is -0.478 e. The molecule has 0 radical (unpaired) electrons. The molecule has 6 heteroatoms. The highest BCUT2D eigenvalue weighted by Crippen LogP contribution is 2.23. The Bertz CT molecular complexity index is 595. The topological polar surface area (TPSA) is 75.6 Å². The van der Waals surface area contributed by atoms with Crippen molar-refractivity contribution in [3.05, 3.63) is 28.8 Å². The zero-order valence-corrected chi connectivity index (χ0v) is 15.6. The summed E-state index contributed by atoms with van der Waals surface area (Å²) < 4.78 is 5.32. The number of carbonyl (C=O) groups excluding carboxylic acids is 1. The summed E-state index contributed by atoms with van der Waals surface area (Å²) in [6, 6.07) is 4.89. The molecule has 2 atom stereocenters. The number of rotatable bonds is 7. The first-order chi connectivity index (χ1) is 11.0. The van der Waals surface area contributed by atoms with Gasteiger partial charge in [-0.15, -0.1) is 0 Å². The van der Waals surface area contributed by atoms with Crippen molar-refractivity contribution in [3.8, 4) is 0 Å². The van der Waals surface area contributed by atoms with Crippen LogP contribution < -0.4 is 5.32 Å². The Labute approximate surface area is 148 Å². The van der Waals surface area contributed by atoms with E-state index in [1.807, 2.05) is 34.6 Å². The van der Waals surface area contributed by atoms with E-state index in [-0.39, 0.29) is 28.5 Å². The van der Waals surface area contributed by atoms with Gasteiger partial charge >= 0.3 is 11.9 Å². The van der Waals surface area contributed by atoms with Crippen molar-refractivity contribution in [2.24, 2.45) is 5.92 Å². The number of carbonyl (C=O) groups is 2. The maximum atomic E-state index is 11.8. The van der Waals surface area contributed by atoms with Crippen molar-refractivity contribution in [2.45, 2.75) is 59.1 Å². The number of aromatic carboxylic acids is 1. The minimum atomic E-state index is -1.06. The van der Waals surface area contributed by atoms with Gasteiger partial charge in [0.05, 0.1) is 10.6 Å². The highest BCUT2D eigenvalue weighted by atomic mass is 35.5. The number of halogens is 1. The molecule has 0 amide bonds. The van der Waals surface area contributed by atoms with E-state index in [1.54, 1.807) is 12.1 Å². The third-order valence-corrected chi connectivity index (χ3v) is 3.63. The lowest BCUT2D eigenvalue weighted by molar-refractivity contribution is -0.155. The van der Waals surface area contributed by atoms with Gasteiger partial charge in [-0.3, -0.25) is 4.79 Å². The first-order valence-electron chi connectivity index (χ1n) is 7.99. The van der Waals surface area contributed by atoms with Crippen LogP contribution in [0, 0.1) is 5.92 Å². The van der Waals surface area contributed by atoms with Crippen LogP contribution in [0.5, 0.6) is 0 Å². The van der Waals surface area contributed by atoms with Crippen LogP contribution in [-0.4, -0.2) is 28.7 Å². The lowest BCUT2D eigenvalue weighted by Gasteiger charge is -2.23. The number of carboxylic acid groups (broad SMARTS) is 1. The Morgan fingerprint density at radius 3 is 2.46 bits per heavy atom. The van der Waals surface area contributed by atoms with E-state index in [9.17, 15) is 9.59 Å². The fourth-order valence-corrected chi connectivity index (χ4v) is 2.68. The number of nitrogens with one attached hydrogen (secondary N) is 1. The Hall–Kier alpha value is -1.75. The molecule has 24 heavy (non-hydrogen) atoms. The summed E-state index contributed by atoms with van der Waals surface area (Å²) in [5.74, 6) is -1.12. The maximum Gasteiger partial charge on any atom is 0.337 e. The molecule has 0 aliphatic rings. The second-order valence-electron chi connectivity index (χ2n) is 7.18. The van der Waals surface area contributed by atoms with Crippen LogP contribution in [0.4, 0.5) is 5.69 Å². The third kappa shape index (κ3) is 7.21. The zero-order chi connectivity index (χ0) is 18.5. The molecule has 0 saturated carbocycles. The number of hydrogen-bond acceptors (Lipinski definition) is 4. The van der Waals surface area contributed by atoms with Crippen LogP contribution in [0.3, 0.4) is 0 Å². The molecule has 1 aromatic carbocycles. The van der Waals surface area contributed by atoms with E-state index in [0.29, 0.717) is 12.1 Å². The molecule has 5 nitrogen and oxygen atoms in total. The molecule has 0 aliphatic heterocycles. The van der Waals surface area contributed by atoms with Gasteiger partial charge in [-0.2, -0.15) is 0 Å². The van der Waals surface area contributed by atoms with E-state index in [2.05, 4.69) is 5.32 Å². The molecule has 1 unspecified atom stereocenters. The number of esters is 1. The Kier molecular flexibility index (Phi) is 7.08. The van der Waals surface area contributed by atoms with E-state index in [0.717, 1.165) is 6.42 Å². The van der Waals surface area contributed by atoms with Gasteiger partial charge in [0.25, 0.3) is 0 Å². The molecule has 0 fully saturated rings.